The first-order valence-electron chi connectivity index (χ1n) is 10.2. The molecule has 0 spiro atoms. The van der Waals surface area contributed by atoms with E-state index in [9.17, 15) is 9.18 Å². The summed E-state index contributed by atoms with van der Waals surface area (Å²) in [6.07, 6.45) is 4.47. The van der Waals surface area contributed by atoms with Gasteiger partial charge in [-0.2, -0.15) is 0 Å². The van der Waals surface area contributed by atoms with E-state index in [0.29, 0.717) is 26.2 Å². The van der Waals surface area contributed by atoms with Gasteiger partial charge in [-0.25, -0.2) is 14.2 Å². The Kier molecular flexibility index (Phi) is 8.01. The van der Waals surface area contributed by atoms with E-state index in [-0.39, 0.29) is 11.8 Å². The molecule has 2 heterocycles. The number of benzene rings is 1. The van der Waals surface area contributed by atoms with Crippen LogP contribution >= 0.6 is 0 Å². The summed E-state index contributed by atoms with van der Waals surface area (Å²) in [4.78, 5) is 21.3. The van der Waals surface area contributed by atoms with E-state index >= 15 is 0 Å². The number of hydrogen-bond acceptors (Lipinski definition) is 4. The molecule has 2 amide bonds. The molecule has 0 aliphatic carbocycles. The molecule has 1 N–H and O–H groups in total. The molecule has 158 valence electrons. The second-order valence-electron chi connectivity index (χ2n) is 7.21. The predicted octanol–water partition coefficient (Wildman–Crippen LogP) is 2.32. The minimum Gasteiger partial charge on any atom is -0.379 e. The van der Waals surface area contributed by atoms with Crippen LogP contribution in [-0.4, -0.2) is 71.3 Å². The first kappa shape index (κ1) is 21.3. The third-order valence-electron chi connectivity index (χ3n) is 4.98. The largest absolute Gasteiger partial charge is 0.379 e. The topological polar surface area (TPSA) is 62.6 Å². The highest BCUT2D eigenvalue weighted by atomic mass is 19.1. The number of ether oxygens (including phenoxy) is 1. The average molecular weight is 404 g/mol. The van der Waals surface area contributed by atoms with Crippen molar-refractivity contribution in [3.63, 3.8) is 0 Å². The number of carbonyl (C=O) groups excluding carboxylic acids is 1. The number of urea groups is 1. The summed E-state index contributed by atoms with van der Waals surface area (Å²) in [6.45, 7) is 8.26. The lowest BCUT2D eigenvalue weighted by Crippen LogP contribution is -2.46. The summed E-state index contributed by atoms with van der Waals surface area (Å²) in [7, 11) is 0. The van der Waals surface area contributed by atoms with Gasteiger partial charge in [-0.15, -0.1) is 0 Å². The van der Waals surface area contributed by atoms with Crippen LogP contribution < -0.4 is 5.32 Å². The van der Waals surface area contributed by atoms with Crippen molar-refractivity contribution in [2.24, 2.45) is 0 Å². The molecule has 2 aromatic rings. The van der Waals surface area contributed by atoms with Crippen molar-refractivity contribution in [1.29, 1.82) is 0 Å². The molecule has 0 atom stereocenters. The van der Waals surface area contributed by atoms with Gasteiger partial charge in [0.1, 0.15) is 11.6 Å². The van der Waals surface area contributed by atoms with Gasteiger partial charge in [-0.1, -0.05) is 19.1 Å². The molecule has 7 nitrogen and oxygen atoms in total. The minimum atomic E-state index is -0.254. The number of nitrogens with one attached hydrogen (secondary N) is 1. The highest BCUT2D eigenvalue weighted by molar-refractivity contribution is 5.74. The molecule has 1 saturated heterocycles. The quantitative estimate of drug-likeness (QED) is 0.698. The van der Waals surface area contributed by atoms with E-state index in [4.69, 9.17) is 4.74 Å². The standard InChI is InChI=1S/C21H30FN5O2/c1-2-6-24-21(28)27(10-9-25-11-13-29-14-12-25)17-20-23-7-8-26(20)16-18-4-3-5-19(22)15-18/h3-5,7-8,15H,2,6,9-14,16-17H2,1H3,(H,24,28). The number of hydrogen-bond donors (Lipinski definition) is 1. The van der Waals surface area contributed by atoms with Crippen molar-refractivity contribution in [3.8, 4) is 0 Å². The van der Waals surface area contributed by atoms with Crippen LogP contribution in [0.1, 0.15) is 24.7 Å². The van der Waals surface area contributed by atoms with Crippen LogP contribution in [0.4, 0.5) is 9.18 Å². The zero-order valence-corrected chi connectivity index (χ0v) is 17.0. The molecule has 0 saturated carbocycles. The van der Waals surface area contributed by atoms with E-state index in [2.05, 4.69) is 15.2 Å². The van der Waals surface area contributed by atoms with Gasteiger partial charge >= 0.3 is 6.03 Å². The van der Waals surface area contributed by atoms with Gasteiger partial charge in [0.25, 0.3) is 0 Å². The lowest BCUT2D eigenvalue weighted by Gasteiger charge is -2.30. The van der Waals surface area contributed by atoms with Crippen molar-refractivity contribution in [2.75, 3.05) is 45.9 Å². The molecule has 0 bridgehead atoms. The van der Waals surface area contributed by atoms with Gasteiger partial charge in [-0.05, 0) is 24.1 Å². The van der Waals surface area contributed by atoms with Crippen LogP contribution in [0, 0.1) is 5.82 Å². The average Bonchev–Trinajstić information content (AvgIpc) is 3.16. The van der Waals surface area contributed by atoms with Gasteiger partial charge < -0.3 is 19.5 Å². The number of imidazole rings is 1. The molecule has 0 radical (unpaired) electrons. The van der Waals surface area contributed by atoms with Crippen molar-refractivity contribution in [2.45, 2.75) is 26.4 Å². The normalized spacial score (nSPS) is 14.7. The summed E-state index contributed by atoms with van der Waals surface area (Å²) in [5.41, 5.74) is 0.861. The second kappa shape index (κ2) is 10.9. The Morgan fingerprint density at radius 3 is 2.93 bits per heavy atom. The number of amides is 2. The number of halogens is 1. The monoisotopic (exact) mass is 403 g/mol. The molecule has 0 unspecified atom stereocenters. The van der Waals surface area contributed by atoms with Crippen molar-refractivity contribution in [3.05, 3.63) is 53.9 Å². The van der Waals surface area contributed by atoms with E-state index in [1.54, 1.807) is 17.2 Å². The lowest BCUT2D eigenvalue weighted by atomic mass is 10.2. The molecule has 1 fully saturated rings. The number of rotatable bonds is 9. The summed E-state index contributed by atoms with van der Waals surface area (Å²) >= 11 is 0. The molecule has 8 heteroatoms. The third-order valence-corrected chi connectivity index (χ3v) is 4.98. The van der Waals surface area contributed by atoms with Crippen LogP contribution in [0.2, 0.25) is 0 Å². The summed E-state index contributed by atoms with van der Waals surface area (Å²) in [5.74, 6) is 0.526. The van der Waals surface area contributed by atoms with Crippen LogP contribution in [0.25, 0.3) is 0 Å². The first-order valence-corrected chi connectivity index (χ1v) is 10.2. The third kappa shape index (κ3) is 6.54. The zero-order chi connectivity index (χ0) is 20.5. The Bertz CT molecular complexity index is 776. The number of nitrogens with zero attached hydrogens (tertiary/aromatic N) is 4. The van der Waals surface area contributed by atoms with Gasteiger partial charge in [0.15, 0.2) is 0 Å². The van der Waals surface area contributed by atoms with Gasteiger partial charge in [0, 0.05) is 51.7 Å². The molecule has 1 aromatic heterocycles. The smallest absolute Gasteiger partial charge is 0.317 e. The Hall–Kier alpha value is -2.45. The highest BCUT2D eigenvalue weighted by Crippen LogP contribution is 2.10. The Morgan fingerprint density at radius 2 is 2.17 bits per heavy atom. The summed E-state index contributed by atoms with van der Waals surface area (Å²) < 4.78 is 20.9. The van der Waals surface area contributed by atoms with Crippen LogP contribution in [0.5, 0.6) is 0 Å². The van der Waals surface area contributed by atoms with Crippen molar-refractivity contribution in [1.82, 2.24) is 24.7 Å². The molecule has 29 heavy (non-hydrogen) atoms. The maximum Gasteiger partial charge on any atom is 0.317 e. The summed E-state index contributed by atoms with van der Waals surface area (Å²) in [6, 6.07) is 6.46. The van der Waals surface area contributed by atoms with E-state index in [1.807, 2.05) is 23.8 Å². The summed E-state index contributed by atoms with van der Waals surface area (Å²) in [5, 5.41) is 2.97. The maximum atomic E-state index is 13.5. The predicted molar refractivity (Wildman–Crippen MR) is 109 cm³/mol. The molecule has 1 aromatic carbocycles. The lowest BCUT2D eigenvalue weighted by molar-refractivity contribution is 0.0345. The molecular formula is C21H30FN5O2. The molecule has 1 aliphatic heterocycles. The zero-order valence-electron chi connectivity index (χ0n) is 17.0. The van der Waals surface area contributed by atoms with Gasteiger partial charge in [-0.3, -0.25) is 4.90 Å². The van der Waals surface area contributed by atoms with Crippen LogP contribution in [0.15, 0.2) is 36.7 Å². The Labute approximate surface area is 171 Å². The Balaban J connectivity index is 1.66. The molecule has 1 aliphatic rings. The van der Waals surface area contributed by atoms with Crippen LogP contribution in [0.3, 0.4) is 0 Å². The first-order chi connectivity index (χ1) is 14.2. The SMILES string of the molecule is CCCNC(=O)N(CCN1CCOCC1)Cc1nccn1Cc1cccc(F)c1. The van der Waals surface area contributed by atoms with Crippen LogP contribution in [-0.2, 0) is 17.8 Å². The number of carbonyl (C=O) groups is 1. The van der Waals surface area contributed by atoms with E-state index in [1.165, 1.54) is 12.1 Å². The van der Waals surface area contributed by atoms with Gasteiger partial charge in [0.2, 0.25) is 0 Å². The van der Waals surface area contributed by atoms with Crippen molar-refractivity contribution >= 4 is 6.03 Å². The van der Waals surface area contributed by atoms with Crippen molar-refractivity contribution < 1.29 is 13.9 Å². The second-order valence-corrected chi connectivity index (χ2v) is 7.21. The molecule has 3 rings (SSSR count). The highest BCUT2D eigenvalue weighted by Gasteiger charge is 2.19. The number of aromatic nitrogens is 2. The van der Waals surface area contributed by atoms with E-state index < -0.39 is 0 Å². The van der Waals surface area contributed by atoms with E-state index in [0.717, 1.165) is 50.7 Å². The molecular weight excluding hydrogens is 373 g/mol. The fourth-order valence-electron chi connectivity index (χ4n) is 3.32. The fraction of sp³-hybridized carbons (Fsp3) is 0.524. The maximum absolute atomic E-state index is 13.5. The Morgan fingerprint density at radius 1 is 1.34 bits per heavy atom. The fourth-order valence-corrected chi connectivity index (χ4v) is 3.32. The van der Waals surface area contributed by atoms with Gasteiger partial charge in [0.05, 0.1) is 19.8 Å². The number of morpholine rings is 1. The minimum absolute atomic E-state index is 0.0829.